The number of rotatable bonds is 6. The van der Waals surface area contributed by atoms with Crippen LogP contribution in [0.25, 0.3) is 0 Å². The summed E-state index contributed by atoms with van der Waals surface area (Å²) in [6, 6.07) is 0. The van der Waals surface area contributed by atoms with E-state index in [0.717, 1.165) is 25.1 Å². The Morgan fingerprint density at radius 3 is 2.74 bits per heavy atom. The molecule has 8 heteroatoms. The van der Waals surface area contributed by atoms with E-state index < -0.39 is 0 Å². The molecule has 3 aromatic heterocycles. The number of aromatic nitrogens is 6. The Morgan fingerprint density at radius 2 is 2.00 bits per heavy atom. The summed E-state index contributed by atoms with van der Waals surface area (Å²) in [7, 11) is 0. The van der Waals surface area contributed by atoms with Gasteiger partial charge in [-0.1, -0.05) is 0 Å². The van der Waals surface area contributed by atoms with Crippen molar-refractivity contribution in [2.45, 2.75) is 25.9 Å². The van der Waals surface area contributed by atoms with Crippen LogP contribution in [0.5, 0.6) is 0 Å². The fourth-order valence-electron chi connectivity index (χ4n) is 2.33. The Morgan fingerprint density at radius 1 is 1.17 bits per heavy atom. The lowest BCUT2D eigenvalue weighted by Gasteiger charge is -2.09. The normalized spacial score (nSPS) is 10.8. The second kappa shape index (κ2) is 7.10. The molecule has 0 saturated heterocycles. The number of nitrogens with zero attached hydrogens (tertiary/aromatic N) is 5. The fourth-order valence-corrected chi connectivity index (χ4v) is 2.57. The molecule has 0 fully saturated rings. The van der Waals surface area contributed by atoms with Gasteiger partial charge in [-0.25, -0.2) is 15.0 Å². The molecule has 0 unspecified atom stereocenters. The molecule has 0 radical (unpaired) electrons. The van der Waals surface area contributed by atoms with E-state index in [2.05, 4.69) is 19.9 Å². The summed E-state index contributed by atoms with van der Waals surface area (Å²) in [5, 5.41) is 0. The van der Waals surface area contributed by atoms with E-state index in [1.54, 1.807) is 24.9 Å². The SMILES string of the molecule is O=c1[nH]c(=S)n(CCCn2ccnc2)cc1Cc1cncnc1. The van der Waals surface area contributed by atoms with Crippen molar-refractivity contribution < 1.29 is 0 Å². The van der Waals surface area contributed by atoms with Gasteiger partial charge in [0.2, 0.25) is 0 Å². The Hall–Kier alpha value is -2.61. The van der Waals surface area contributed by atoms with Crippen molar-refractivity contribution in [3.05, 3.63) is 69.9 Å². The molecule has 23 heavy (non-hydrogen) atoms. The van der Waals surface area contributed by atoms with Gasteiger partial charge in [0.1, 0.15) is 6.33 Å². The topological polar surface area (TPSA) is 81.4 Å². The first-order chi connectivity index (χ1) is 11.2. The molecular formula is C15H16N6OS. The summed E-state index contributed by atoms with van der Waals surface area (Å²) in [6.45, 7) is 1.58. The van der Waals surface area contributed by atoms with Crippen molar-refractivity contribution in [2.24, 2.45) is 0 Å². The highest BCUT2D eigenvalue weighted by Gasteiger charge is 2.05. The van der Waals surface area contributed by atoms with Gasteiger partial charge in [0.25, 0.3) is 5.56 Å². The van der Waals surface area contributed by atoms with Gasteiger partial charge < -0.3 is 9.13 Å². The predicted molar refractivity (Wildman–Crippen MR) is 87.6 cm³/mol. The van der Waals surface area contributed by atoms with Crippen LogP contribution in [0.3, 0.4) is 0 Å². The van der Waals surface area contributed by atoms with E-state index in [-0.39, 0.29) is 5.56 Å². The second-order valence-corrected chi connectivity index (χ2v) is 5.57. The molecule has 0 saturated carbocycles. The number of nitrogens with one attached hydrogen (secondary N) is 1. The minimum atomic E-state index is -0.162. The van der Waals surface area contributed by atoms with Crippen LogP contribution in [-0.2, 0) is 19.5 Å². The van der Waals surface area contributed by atoms with Crippen LogP contribution in [0, 0.1) is 4.77 Å². The summed E-state index contributed by atoms with van der Waals surface area (Å²) in [5.41, 5.74) is 1.38. The molecular weight excluding hydrogens is 312 g/mol. The maximum Gasteiger partial charge on any atom is 0.255 e. The Kier molecular flexibility index (Phi) is 4.72. The molecule has 0 aliphatic carbocycles. The third kappa shape index (κ3) is 3.98. The zero-order valence-electron chi connectivity index (χ0n) is 12.4. The van der Waals surface area contributed by atoms with E-state index >= 15 is 0 Å². The molecule has 0 atom stereocenters. The first kappa shape index (κ1) is 15.3. The smallest absolute Gasteiger partial charge is 0.255 e. The Labute approximate surface area is 137 Å². The molecule has 0 aromatic carbocycles. The third-order valence-electron chi connectivity index (χ3n) is 3.47. The first-order valence-corrected chi connectivity index (χ1v) is 7.65. The van der Waals surface area contributed by atoms with Crippen LogP contribution in [0.1, 0.15) is 17.5 Å². The number of aryl methyl sites for hydroxylation is 2. The highest BCUT2D eigenvalue weighted by atomic mass is 32.1. The third-order valence-corrected chi connectivity index (χ3v) is 3.80. The van der Waals surface area contributed by atoms with Crippen LogP contribution in [0.15, 0.2) is 48.4 Å². The summed E-state index contributed by atoms with van der Waals surface area (Å²) < 4.78 is 4.35. The van der Waals surface area contributed by atoms with E-state index in [4.69, 9.17) is 12.2 Å². The lowest BCUT2D eigenvalue weighted by Crippen LogP contribution is -2.19. The van der Waals surface area contributed by atoms with Crippen LogP contribution < -0.4 is 5.56 Å². The molecule has 0 spiro atoms. The molecule has 3 aromatic rings. The van der Waals surface area contributed by atoms with E-state index in [9.17, 15) is 4.79 Å². The average Bonchev–Trinajstić information content (AvgIpc) is 3.06. The van der Waals surface area contributed by atoms with E-state index in [1.165, 1.54) is 6.33 Å². The number of H-pyrrole nitrogens is 1. The van der Waals surface area contributed by atoms with Crippen molar-refractivity contribution in [1.29, 1.82) is 0 Å². The molecule has 3 heterocycles. The highest BCUT2D eigenvalue weighted by molar-refractivity contribution is 7.71. The van der Waals surface area contributed by atoms with Crippen molar-refractivity contribution >= 4 is 12.2 Å². The van der Waals surface area contributed by atoms with Crippen molar-refractivity contribution in [3.63, 3.8) is 0 Å². The molecule has 7 nitrogen and oxygen atoms in total. The van der Waals surface area contributed by atoms with E-state index in [1.807, 2.05) is 21.5 Å². The predicted octanol–water partition coefficient (Wildman–Crippen LogP) is 1.57. The van der Waals surface area contributed by atoms with Crippen molar-refractivity contribution in [1.82, 2.24) is 29.1 Å². The zero-order valence-corrected chi connectivity index (χ0v) is 13.2. The average molecular weight is 328 g/mol. The number of imidazole rings is 1. The molecule has 1 N–H and O–H groups in total. The number of hydrogen-bond donors (Lipinski definition) is 1. The monoisotopic (exact) mass is 328 g/mol. The van der Waals surface area contributed by atoms with Gasteiger partial charge in [-0.2, -0.15) is 0 Å². The standard InChI is InChI=1S/C15H16N6OS/c22-14-13(6-12-7-17-10-18-8-12)9-21(15(23)19-14)4-1-3-20-5-2-16-11-20/h2,5,7-11H,1,3-4,6H2,(H,19,22,23). The van der Waals surface area contributed by atoms with Gasteiger partial charge in [0.15, 0.2) is 4.77 Å². The summed E-state index contributed by atoms with van der Waals surface area (Å²) in [4.78, 5) is 26.8. The lowest BCUT2D eigenvalue weighted by atomic mass is 10.1. The largest absolute Gasteiger partial charge is 0.337 e. The minimum absolute atomic E-state index is 0.162. The maximum atomic E-state index is 12.1. The van der Waals surface area contributed by atoms with E-state index in [0.29, 0.717) is 16.8 Å². The molecule has 118 valence electrons. The molecule has 0 amide bonds. The van der Waals surface area contributed by atoms with Crippen molar-refractivity contribution in [3.8, 4) is 0 Å². The second-order valence-electron chi connectivity index (χ2n) is 5.18. The van der Waals surface area contributed by atoms with Crippen LogP contribution in [-0.4, -0.2) is 29.1 Å². The van der Waals surface area contributed by atoms with Gasteiger partial charge in [0.05, 0.1) is 6.33 Å². The molecule has 3 rings (SSSR count). The Bertz CT molecular complexity index is 869. The van der Waals surface area contributed by atoms with Crippen LogP contribution >= 0.6 is 12.2 Å². The quantitative estimate of drug-likeness (QED) is 0.695. The van der Waals surface area contributed by atoms with Crippen molar-refractivity contribution in [2.75, 3.05) is 0 Å². The molecule has 0 aliphatic rings. The van der Waals surface area contributed by atoms with Gasteiger partial charge in [-0.05, 0) is 24.2 Å². The van der Waals surface area contributed by atoms with Gasteiger partial charge in [-0.3, -0.25) is 9.78 Å². The van der Waals surface area contributed by atoms with Gasteiger partial charge in [0, 0.05) is 56.1 Å². The Balaban J connectivity index is 1.74. The highest BCUT2D eigenvalue weighted by Crippen LogP contribution is 2.04. The summed E-state index contributed by atoms with van der Waals surface area (Å²) >= 11 is 5.24. The first-order valence-electron chi connectivity index (χ1n) is 7.24. The van der Waals surface area contributed by atoms with Crippen LogP contribution in [0.4, 0.5) is 0 Å². The zero-order chi connectivity index (χ0) is 16.1. The van der Waals surface area contributed by atoms with Gasteiger partial charge >= 0.3 is 0 Å². The minimum Gasteiger partial charge on any atom is -0.337 e. The summed E-state index contributed by atoms with van der Waals surface area (Å²) in [5.74, 6) is 0. The van der Waals surface area contributed by atoms with Gasteiger partial charge in [-0.15, -0.1) is 0 Å². The molecule has 0 aliphatic heterocycles. The maximum absolute atomic E-state index is 12.1. The molecule has 0 bridgehead atoms. The van der Waals surface area contributed by atoms with Crippen LogP contribution in [0.2, 0.25) is 0 Å². The lowest BCUT2D eigenvalue weighted by molar-refractivity contribution is 0.549. The summed E-state index contributed by atoms with van der Waals surface area (Å²) in [6.07, 6.45) is 13.5. The number of aromatic amines is 1. The fraction of sp³-hybridized carbons (Fsp3) is 0.267. The number of hydrogen-bond acceptors (Lipinski definition) is 5.